The Kier molecular flexibility index (Phi) is 73.5. The van der Waals surface area contributed by atoms with Gasteiger partial charge in [-0.1, -0.05) is 0 Å². The van der Waals surface area contributed by atoms with Crippen molar-refractivity contribution in [3.63, 3.8) is 0 Å². The molecular formula is C45H103N5O61P15-15. The Labute approximate surface area is 722 Å². The first-order valence-corrected chi connectivity index (χ1v) is 56.9. The molecular weight excluding hydrogens is 2050 g/mol. The van der Waals surface area contributed by atoms with Gasteiger partial charge in [-0.3, -0.25) is 68.5 Å². The third-order valence-corrected chi connectivity index (χ3v) is 24.8. The molecule has 0 bridgehead atoms. The predicted octanol–water partition coefficient (Wildman–Crippen LogP) is -9.40. The number of rotatable bonds is 79. The van der Waals surface area contributed by atoms with E-state index in [1.165, 1.54) is 34.9 Å². The van der Waals surface area contributed by atoms with Gasteiger partial charge in [0.05, 0.1) is 172 Å². The highest BCUT2D eigenvalue weighted by molar-refractivity contribution is 7.49. The third-order valence-electron chi connectivity index (χ3n) is 11.9. The normalized spacial score (nSPS) is 20.5. The van der Waals surface area contributed by atoms with Gasteiger partial charge in [0.2, 0.25) is 0 Å². The zero-order chi connectivity index (χ0) is 97.9. The molecule has 81 heteroatoms. The lowest BCUT2D eigenvalue weighted by atomic mass is 10.2. The Hall–Kier alpha value is 1.41. The van der Waals surface area contributed by atoms with Crippen LogP contribution in [0.1, 0.15) is 20.8 Å². The van der Waals surface area contributed by atoms with Crippen molar-refractivity contribution in [1.82, 2.24) is 26.6 Å². The molecule has 0 aromatic heterocycles. The third kappa shape index (κ3) is 89.3. The van der Waals surface area contributed by atoms with Gasteiger partial charge in [-0.25, -0.2) is 0 Å². The highest BCUT2D eigenvalue weighted by Gasteiger charge is 2.25. The molecule has 0 aliphatic rings. The highest BCUT2D eigenvalue weighted by atomic mass is 31.2. The molecule has 0 amide bonds. The zero-order valence-corrected chi connectivity index (χ0v) is 81.2. The van der Waals surface area contributed by atoms with Crippen molar-refractivity contribution in [2.75, 3.05) is 246 Å². The Bertz CT molecular complexity index is 3600. The summed E-state index contributed by atoms with van der Waals surface area (Å²) in [6.07, 6.45) is 0. The molecule has 0 aliphatic heterocycles. The summed E-state index contributed by atoms with van der Waals surface area (Å²) < 4.78 is 284. The fourth-order valence-corrected chi connectivity index (χ4v) is 16.5. The number of hydrogen-bond acceptors (Lipinski definition) is 62. The van der Waals surface area contributed by atoms with E-state index in [0.717, 1.165) is 0 Å². The van der Waals surface area contributed by atoms with Gasteiger partial charge in [0.15, 0.2) is 0 Å². The van der Waals surface area contributed by atoms with E-state index in [1.54, 1.807) is 21.1 Å². The van der Waals surface area contributed by atoms with Crippen LogP contribution in [-0.2, 0) is 186 Å². The van der Waals surface area contributed by atoms with Crippen LogP contribution < -0.4 is 100.0 Å². The Morgan fingerprint density at radius 3 is 0.429 bits per heavy atom. The molecule has 0 aromatic rings. The lowest BCUT2D eigenvalue weighted by Crippen LogP contribution is -2.28. The van der Waals surface area contributed by atoms with Gasteiger partial charge in [-0.05, 0) is 56.0 Å². The SMILES string of the molecule is CCOP(=O)([O-])OCC(CNC)COP(=O)([O-])O.CCOP(=O)([O-])OCC(CNC)COP(=O)([O-])O.CCOP(=O)([O-])OCC(CNC)COP(=O)([O-])OCCOP(=O)([O-])OCCOP(=O)([O-])OCCOP(=O)([O-])OCCOP(=O)([O-])OCCOP(=O)([O-])OCCOP(=O)([O-])OCCOP(=O)([O-])OCC(CNC)COP(=O)([O-])O.CNCC(CO)COP(=O)([O-])O. The summed E-state index contributed by atoms with van der Waals surface area (Å²) in [6.45, 7) is -13.5. The predicted molar refractivity (Wildman–Crippen MR) is 389 cm³/mol. The summed E-state index contributed by atoms with van der Waals surface area (Å²) in [5.74, 6) is -3.23. The second-order valence-electron chi connectivity index (χ2n) is 22.7. The smallest absolute Gasteiger partial charge is 0.268 e. The Morgan fingerprint density at radius 1 is 0.198 bits per heavy atom. The van der Waals surface area contributed by atoms with E-state index < -0.39 is 273 Å². The Balaban J connectivity index is -0.00000123. The van der Waals surface area contributed by atoms with Gasteiger partial charge in [-0.15, -0.1) is 0 Å². The van der Waals surface area contributed by atoms with Crippen LogP contribution in [0.15, 0.2) is 0 Å². The molecule has 764 valence electrons. The number of phosphoric ester groups is 15. The van der Waals surface area contributed by atoms with E-state index in [2.05, 4.69) is 144 Å². The van der Waals surface area contributed by atoms with Gasteiger partial charge >= 0.3 is 0 Å². The van der Waals surface area contributed by atoms with E-state index in [-0.39, 0.29) is 78.3 Å². The van der Waals surface area contributed by atoms with Crippen molar-refractivity contribution >= 4 is 117 Å². The van der Waals surface area contributed by atoms with Crippen LogP contribution in [0.2, 0.25) is 0 Å². The number of phosphoric acid groups is 15. The van der Waals surface area contributed by atoms with Crippen LogP contribution >= 0.6 is 117 Å². The fraction of sp³-hybridized carbons (Fsp3) is 1.00. The lowest BCUT2D eigenvalue weighted by Gasteiger charge is -2.28. The Morgan fingerprint density at radius 2 is 0.310 bits per heavy atom. The molecule has 0 fully saturated rings. The highest BCUT2D eigenvalue weighted by Crippen LogP contribution is 2.48. The quantitative estimate of drug-likeness (QED) is 0.0200. The molecule has 0 heterocycles. The second kappa shape index (κ2) is 69.3. The summed E-state index contributed by atoms with van der Waals surface area (Å²) in [6, 6.07) is 0. The largest absolute Gasteiger partial charge is 0.756 e. The van der Waals surface area contributed by atoms with E-state index in [4.69, 9.17) is 24.7 Å². The van der Waals surface area contributed by atoms with E-state index in [1.807, 2.05) is 0 Å². The van der Waals surface area contributed by atoms with Crippen LogP contribution in [0.3, 0.4) is 0 Å². The monoisotopic (exact) mass is 2150 g/mol. The number of hydrogen-bond donors (Lipinski definition) is 10. The van der Waals surface area contributed by atoms with E-state index >= 15 is 0 Å². The minimum atomic E-state index is -5.29. The summed E-state index contributed by atoms with van der Waals surface area (Å²) in [5, 5.41) is 22.1. The molecule has 0 spiro atoms. The molecule has 0 radical (unpaired) electrons. The lowest BCUT2D eigenvalue weighted by molar-refractivity contribution is -0.238. The summed E-state index contributed by atoms with van der Waals surface area (Å²) >= 11 is 0. The van der Waals surface area contributed by atoms with E-state index in [0.29, 0.717) is 6.54 Å². The molecule has 0 aromatic carbocycles. The molecule has 0 rings (SSSR count). The van der Waals surface area contributed by atoms with Gasteiger partial charge in [0.1, 0.15) is 0 Å². The molecule has 126 heavy (non-hydrogen) atoms. The van der Waals surface area contributed by atoms with Crippen LogP contribution in [-0.4, -0.2) is 271 Å². The number of aliphatic hydroxyl groups excluding tert-OH is 1. The first kappa shape index (κ1) is 134. The maximum Gasteiger partial charge on any atom is 0.268 e. The molecule has 66 nitrogen and oxygen atoms in total. The minimum Gasteiger partial charge on any atom is -0.756 e. The number of aliphatic hydroxyl groups is 1. The van der Waals surface area contributed by atoms with Crippen molar-refractivity contribution in [2.45, 2.75) is 20.8 Å². The molecule has 10 N–H and O–H groups in total. The van der Waals surface area contributed by atoms with Crippen molar-refractivity contribution < 1.29 is 284 Å². The first-order chi connectivity index (χ1) is 57.7. The van der Waals surface area contributed by atoms with Gasteiger partial charge < -0.3 is 242 Å². The molecule has 20 atom stereocenters. The molecule has 20 unspecified atom stereocenters. The summed E-state index contributed by atoms with van der Waals surface area (Å²) in [4.78, 5) is 204. The average molecular weight is 2150 g/mol. The van der Waals surface area contributed by atoms with Crippen molar-refractivity contribution in [3.8, 4) is 0 Å². The first-order valence-electron chi connectivity index (χ1n) is 34.9. The van der Waals surface area contributed by atoms with Crippen molar-refractivity contribution in [3.05, 3.63) is 0 Å². The standard InChI is InChI=1S/C26H66N2O40P10.2C7H19NO8P2.C5H14NO5P/c1-4-50-70(32,33)66-23-26(20-28-3)24-68-78(48,49)64-18-16-62-76(44,45)60-14-12-58-74(40,41)56-10-8-54-72(36,37)52-6-5-51-71(34,35)53-7-9-55-73(38,39)57-11-13-59-75(42,43)61-15-17-63-77(46,47)67-22-25(19-27-2)21-65-69(29,30)31;2*1-3-14-18(12,13)16-6-7(4-8-2)5-15-17(9,10)11;1-6-2-5(3-7)4-11-12(8,9)10/h25-28H,4-24H2,1-3H3,(H,32,33)(H,34,35)(H,36,37)(H,38,39)(H,40,41)(H,42,43)(H,44,45)(H,46,47)(H,48,49)(H2,29,30,31);2*7-8H,3-6H2,1-2H3,(H,12,13)(H2,9,10,11);5-7H,2-4H2,1H3,(H2,8,9,10)/p-15. The second-order valence-corrected chi connectivity index (χ2v) is 43.0. The van der Waals surface area contributed by atoms with Gasteiger partial charge in [-0.2, -0.15) is 0 Å². The van der Waals surface area contributed by atoms with Crippen LogP contribution in [0.5, 0.6) is 0 Å². The van der Waals surface area contributed by atoms with Gasteiger partial charge in [0.25, 0.3) is 117 Å². The minimum absolute atomic E-state index is 0.0303. The van der Waals surface area contributed by atoms with Crippen molar-refractivity contribution in [1.29, 1.82) is 0 Å². The summed E-state index contributed by atoms with van der Waals surface area (Å²) in [5.41, 5.74) is 0. The zero-order valence-electron chi connectivity index (χ0n) is 67.8. The molecule has 0 saturated heterocycles. The van der Waals surface area contributed by atoms with Gasteiger partial charge in [0, 0.05) is 68.9 Å². The van der Waals surface area contributed by atoms with Crippen molar-refractivity contribution in [2.24, 2.45) is 29.6 Å². The average Bonchev–Trinajstić information content (AvgIpc) is 0.904. The molecule has 0 aliphatic carbocycles. The van der Waals surface area contributed by atoms with Crippen LogP contribution in [0.4, 0.5) is 0 Å². The maximum absolute atomic E-state index is 12.0. The van der Waals surface area contributed by atoms with Crippen LogP contribution in [0.25, 0.3) is 0 Å². The maximum atomic E-state index is 12.0. The molecule has 0 saturated carbocycles. The fourth-order valence-electron chi connectivity index (χ4n) is 7.04. The number of nitrogens with one attached hydrogen (secondary N) is 5. The summed E-state index contributed by atoms with van der Waals surface area (Å²) in [7, 11) is -66.8. The topological polar surface area (TPSA) is 1000 Å². The van der Waals surface area contributed by atoms with Crippen LogP contribution in [0, 0.1) is 29.6 Å². The van der Waals surface area contributed by atoms with E-state index in [9.17, 15) is 142 Å².